The Bertz CT molecular complexity index is 993. The van der Waals surface area contributed by atoms with E-state index >= 15 is 0 Å². The molecule has 3 aromatic rings. The van der Waals surface area contributed by atoms with Gasteiger partial charge < -0.3 is 21.5 Å². The van der Waals surface area contributed by atoms with E-state index < -0.39 is 5.97 Å². The number of nitrogens with zero attached hydrogens (tertiary/aromatic N) is 3. The molecule has 26 heavy (non-hydrogen) atoms. The van der Waals surface area contributed by atoms with Crippen LogP contribution in [0.1, 0.15) is 24.0 Å². The molecule has 0 amide bonds. The number of imidazole rings is 1. The molecule has 0 saturated heterocycles. The van der Waals surface area contributed by atoms with Crippen LogP contribution in [0, 0.1) is 6.92 Å². The Labute approximate surface area is 150 Å². The van der Waals surface area contributed by atoms with Crippen LogP contribution >= 0.6 is 0 Å². The summed E-state index contributed by atoms with van der Waals surface area (Å²) < 4.78 is 1.60. The van der Waals surface area contributed by atoms with Crippen LogP contribution in [-0.4, -0.2) is 31.7 Å². The van der Waals surface area contributed by atoms with Crippen molar-refractivity contribution in [3.63, 3.8) is 0 Å². The largest absolute Gasteiger partial charge is 0.481 e. The van der Waals surface area contributed by atoms with Gasteiger partial charge in [-0.25, -0.2) is 4.98 Å². The molecule has 134 valence electrons. The first-order chi connectivity index (χ1) is 12.5. The number of aromatic nitrogens is 3. The van der Waals surface area contributed by atoms with Crippen LogP contribution in [0.4, 0.5) is 23.0 Å². The third kappa shape index (κ3) is 3.26. The van der Waals surface area contributed by atoms with Gasteiger partial charge in [-0.1, -0.05) is 6.07 Å². The molecule has 1 aromatic carbocycles. The van der Waals surface area contributed by atoms with Crippen molar-refractivity contribution in [3.8, 4) is 0 Å². The quantitative estimate of drug-likeness (QED) is 0.538. The molecule has 8 nitrogen and oxygen atoms in total. The fourth-order valence-corrected chi connectivity index (χ4v) is 2.85. The molecule has 0 spiro atoms. The molecule has 0 unspecified atom stereocenters. The lowest BCUT2D eigenvalue weighted by Crippen LogP contribution is -2.08. The first kappa shape index (κ1) is 16.2. The molecular formula is C18H20N6O2. The molecular weight excluding hydrogens is 332 g/mol. The number of aliphatic carboxylic acids is 1. The van der Waals surface area contributed by atoms with Crippen molar-refractivity contribution in [3.05, 3.63) is 41.6 Å². The Balaban J connectivity index is 1.68. The van der Waals surface area contributed by atoms with Crippen molar-refractivity contribution >= 4 is 34.6 Å². The number of nitrogens with one attached hydrogen (secondary N) is 2. The van der Waals surface area contributed by atoms with E-state index in [0.29, 0.717) is 23.3 Å². The van der Waals surface area contributed by atoms with Gasteiger partial charge in [0.15, 0.2) is 11.5 Å². The first-order valence-corrected chi connectivity index (χ1v) is 8.49. The minimum absolute atomic E-state index is 0.0171. The van der Waals surface area contributed by atoms with Gasteiger partial charge in [0.05, 0.1) is 18.3 Å². The van der Waals surface area contributed by atoms with E-state index in [1.165, 1.54) is 0 Å². The number of hydrogen-bond donors (Lipinski definition) is 4. The van der Waals surface area contributed by atoms with Crippen molar-refractivity contribution in [1.29, 1.82) is 0 Å². The summed E-state index contributed by atoms with van der Waals surface area (Å²) in [7, 11) is 0. The Morgan fingerprint density at radius 3 is 2.92 bits per heavy atom. The number of anilines is 4. The van der Waals surface area contributed by atoms with Crippen LogP contribution in [0.5, 0.6) is 0 Å². The minimum Gasteiger partial charge on any atom is -0.481 e. The van der Waals surface area contributed by atoms with Gasteiger partial charge in [0.1, 0.15) is 5.82 Å². The van der Waals surface area contributed by atoms with Gasteiger partial charge in [-0.05, 0) is 43.0 Å². The van der Waals surface area contributed by atoms with E-state index in [1.54, 1.807) is 10.7 Å². The number of nitrogen functional groups attached to an aromatic ring is 1. The molecule has 1 aliphatic carbocycles. The Morgan fingerprint density at radius 2 is 2.19 bits per heavy atom. The second kappa shape index (κ2) is 6.21. The molecule has 5 N–H and O–H groups in total. The monoisotopic (exact) mass is 352 g/mol. The van der Waals surface area contributed by atoms with Gasteiger partial charge in [-0.15, -0.1) is 5.10 Å². The predicted octanol–water partition coefficient (Wildman–Crippen LogP) is 2.56. The predicted molar refractivity (Wildman–Crippen MR) is 99.8 cm³/mol. The maximum atomic E-state index is 11.0. The lowest BCUT2D eigenvalue weighted by atomic mass is 10.0. The topological polar surface area (TPSA) is 118 Å². The number of carboxylic acid groups (broad SMARTS) is 1. The second-order valence-electron chi connectivity index (χ2n) is 6.62. The second-order valence-corrected chi connectivity index (χ2v) is 6.62. The van der Waals surface area contributed by atoms with Crippen molar-refractivity contribution in [1.82, 2.24) is 14.6 Å². The summed E-state index contributed by atoms with van der Waals surface area (Å²) in [5, 5.41) is 20.2. The van der Waals surface area contributed by atoms with Crippen LogP contribution in [0.25, 0.3) is 5.65 Å². The zero-order valence-corrected chi connectivity index (χ0v) is 14.4. The highest BCUT2D eigenvalue weighted by Crippen LogP contribution is 2.29. The van der Waals surface area contributed by atoms with Crippen molar-refractivity contribution in [2.45, 2.75) is 32.2 Å². The maximum absolute atomic E-state index is 11.0. The lowest BCUT2D eigenvalue weighted by molar-refractivity contribution is -0.136. The van der Waals surface area contributed by atoms with Crippen molar-refractivity contribution in [2.75, 3.05) is 16.4 Å². The summed E-state index contributed by atoms with van der Waals surface area (Å²) in [6, 6.07) is 8.00. The number of carbonyl (C=O) groups is 1. The SMILES string of the molecule is Cc1ccc(Nc2cc(NC3CC3)c3ncc(N)n3n2)cc1CC(=O)O. The fraction of sp³-hybridized carbons (Fsp3) is 0.278. The third-order valence-electron chi connectivity index (χ3n) is 4.39. The van der Waals surface area contributed by atoms with E-state index in [1.807, 2.05) is 31.2 Å². The molecule has 8 heteroatoms. The normalized spacial score (nSPS) is 13.7. The Hall–Kier alpha value is -3.29. The molecule has 0 aliphatic heterocycles. The number of rotatable bonds is 6. The zero-order chi connectivity index (χ0) is 18.3. The summed E-state index contributed by atoms with van der Waals surface area (Å²) >= 11 is 0. The van der Waals surface area contributed by atoms with Crippen molar-refractivity contribution < 1.29 is 9.90 Å². The van der Waals surface area contributed by atoms with Gasteiger partial charge in [0.2, 0.25) is 0 Å². The van der Waals surface area contributed by atoms with E-state index in [-0.39, 0.29) is 6.42 Å². The Kier molecular flexibility index (Phi) is 3.87. The molecule has 0 atom stereocenters. The highest BCUT2D eigenvalue weighted by molar-refractivity contribution is 5.75. The molecule has 2 aromatic heterocycles. The molecule has 0 radical (unpaired) electrons. The smallest absolute Gasteiger partial charge is 0.307 e. The van der Waals surface area contributed by atoms with Crippen molar-refractivity contribution in [2.24, 2.45) is 0 Å². The van der Waals surface area contributed by atoms with Gasteiger partial charge >= 0.3 is 5.97 Å². The van der Waals surface area contributed by atoms with E-state index in [2.05, 4.69) is 20.7 Å². The zero-order valence-electron chi connectivity index (χ0n) is 14.4. The van der Waals surface area contributed by atoms with Gasteiger partial charge in [-0.2, -0.15) is 4.52 Å². The first-order valence-electron chi connectivity index (χ1n) is 8.49. The summed E-state index contributed by atoms with van der Waals surface area (Å²) in [5.41, 5.74) is 10.0. The molecule has 0 bridgehead atoms. The average molecular weight is 352 g/mol. The van der Waals surface area contributed by atoms with E-state index in [0.717, 1.165) is 35.3 Å². The number of benzene rings is 1. The Morgan fingerprint density at radius 1 is 1.38 bits per heavy atom. The van der Waals surface area contributed by atoms with Gasteiger partial charge in [-0.3, -0.25) is 4.79 Å². The number of nitrogens with two attached hydrogens (primary N) is 1. The number of hydrogen-bond acceptors (Lipinski definition) is 6. The number of carboxylic acids is 1. The number of aryl methyl sites for hydroxylation is 1. The van der Waals surface area contributed by atoms with Gasteiger partial charge in [0, 0.05) is 17.8 Å². The average Bonchev–Trinajstić information content (AvgIpc) is 3.32. The highest BCUT2D eigenvalue weighted by atomic mass is 16.4. The molecule has 1 fully saturated rings. The standard InChI is InChI=1S/C18H20N6O2/c1-10-2-3-13(6-11(10)7-17(25)26)22-16-8-14(21-12-4-5-12)18-20-9-15(19)24(18)23-16/h2-3,6,8-9,12,21H,4-5,7,19H2,1H3,(H,22,23)(H,25,26). The summed E-state index contributed by atoms with van der Waals surface area (Å²) in [5.74, 6) is 0.209. The molecule has 1 aliphatic rings. The molecule has 2 heterocycles. The van der Waals surface area contributed by atoms with Crippen LogP contribution in [0.3, 0.4) is 0 Å². The summed E-state index contributed by atoms with van der Waals surface area (Å²) in [4.78, 5) is 15.4. The maximum Gasteiger partial charge on any atom is 0.307 e. The lowest BCUT2D eigenvalue weighted by Gasteiger charge is -2.12. The van der Waals surface area contributed by atoms with Crippen LogP contribution in [-0.2, 0) is 11.2 Å². The number of fused-ring (bicyclic) bond motifs is 1. The van der Waals surface area contributed by atoms with E-state index in [4.69, 9.17) is 10.8 Å². The van der Waals surface area contributed by atoms with Gasteiger partial charge in [0.25, 0.3) is 0 Å². The third-order valence-corrected chi connectivity index (χ3v) is 4.39. The molecule has 4 rings (SSSR count). The van der Waals surface area contributed by atoms with Crippen LogP contribution in [0.2, 0.25) is 0 Å². The highest BCUT2D eigenvalue weighted by Gasteiger charge is 2.23. The fourth-order valence-electron chi connectivity index (χ4n) is 2.85. The van der Waals surface area contributed by atoms with E-state index in [9.17, 15) is 4.79 Å². The minimum atomic E-state index is -0.855. The summed E-state index contributed by atoms with van der Waals surface area (Å²) in [6.07, 6.45) is 3.85. The van der Waals surface area contributed by atoms with Crippen LogP contribution < -0.4 is 16.4 Å². The summed E-state index contributed by atoms with van der Waals surface area (Å²) in [6.45, 7) is 1.90. The van der Waals surface area contributed by atoms with Crippen LogP contribution in [0.15, 0.2) is 30.5 Å². The molecule has 1 saturated carbocycles.